The summed E-state index contributed by atoms with van der Waals surface area (Å²) in [6.45, 7) is 3.90. The summed E-state index contributed by atoms with van der Waals surface area (Å²) in [5, 5.41) is 11.7. The number of hydrogen-bond acceptors (Lipinski definition) is 4. The predicted octanol–water partition coefficient (Wildman–Crippen LogP) is 3.90. The molecule has 1 saturated heterocycles. The van der Waals surface area contributed by atoms with E-state index in [9.17, 15) is 8.78 Å². The van der Waals surface area contributed by atoms with Gasteiger partial charge >= 0.3 is 0 Å². The van der Waals surface area contributed by atoms with E-state index in [1.165, 1.54) is 6.07 Å². The van der Waals surface area contributed by atoms with Crippen molar-refractivity contribution in [1.29, 1.82) is 0 Å². The van der Waals surface area contributed by atoms with Crippen LogP contribution in [-0.2, 0) is 0 Å². The maximum Gasteiger partial charge on any atom is 0.264 e. The van der Waals surface area contributed by atoms with E-state index in [1.807, 2.05) is 19.1 Å². The molecule has 1 atom stereocenters. The van der Waals surface area contributed by atoms with E-state index in [2.05, 4.69) is 27.5 Å². The van der Waals surface area contributed by atoms with E-state index in [1.54, 1.807) is 12.1 Å². The smallest absolute Gasteiger partial charge is 0.264 e. The molecule has 0 saturated carbocycles. The average molecular weight is 332 g/mol. The van der Waals surface area contributed by atoms with Crippen LogP contribution in [0.3, 0.4) is 0 Å². The standard InChI is InChI=1S/C18H22F2N4/c1-12-5-3-7-14(18(19)20)17(12)15-8-9-16(23-22-15)21-13-6-4-10-24(2)11-13/h3,5,7-9,13,18H,4,6,10-11H2,1-2H3,(H,21,23)/t13-/m1/s1. The number of alkyl halides is 2. The molecule has 1 aromatic carbocycles. The van der Waals surface area contributed by atoms with Gasteiger partial charge in [-0.05, 0) is 51.1 Å². The Morgan fingerprint density at radius 2 is 2.04 bits per heavy atom. The molecule has 4 nitrogen and oxygen atoms in total. The lowest BCUT2D eigenvalue weighted by Gasteiger charge is -2.30. The number of anilines is 1. The maximum atomic E-state index is 13.3. The Morgan fingerprint density at radius 3 is 2.71 bits per heavy atom. The number of nitrogens with one attached hydrogen (secondary N) is 1. The molecule has 1 N–H and O–H groups in total. The molecule has 0 spiro atoms. The molecule has 0 unspecified atom stereocenters. The molecule has 0 bridgehead atoms. The highest BCUT2D eigenvalue weighted by molar-refractivity contribution is 5.68. The van der Waals surface area contributed by atoms with E-state index < -0.39 is 6.43 Å². The van der Waals surface area contributed by atoms with Crippen molar-refractivity contribution in [1.82, 2.24) is 15.1 Å². The van der Waals surface area contributed by atoms with Gasteiger partial charge in [0.15, 0.2) is 0 Å². The maximum absolute atomic E-state index is 13.3. The number of piperidine rings is 1. The second kappa shape index (κ2) is 7.21. The number of likely N-dealkylation sites (N-methyl/N-ethyl adjacent to an activating group) is 1. The van der Waals surface area contributed by atoms with Crippen LogP contribution < -0.4 is 5.32 Å². The molecule has 1 aromatic heterocycles. The Balaban J connectivity index is 1.80. The zero-order valence-corrected chi connectivity index (χ0v) is 14.0. The van der Waals surface area contributed by atoms with Gasteiger partial charge in [-0.25, -0.2) is 8.78 Å². The minimum atomic E-state index is -2.53. The molecule has 1 aliphatic heterocycles. The summed E-state index contributed by atoms with van der Waals surface area (Å²) in [6.07, 6.45) is -0.279. The van der Waals surface area contributed by atoms with Crippen LogP contribution >= 0.6 is 0 Å². The monoisotopic (exact) mass is 332 g/mol. The SMILES string of the molecule is Cc1cccc(C(F)F)c1-c1ccc(N[C@@H]2CCCN(C)C2)nn1. The Bertz CT molecular complexity index is 688. The van der Waals surface area contributed by atoms with Crippen molar-refractivity contribution >= 4 is 5.82 Å². The number of aryl methyl sites for hydroxylation is 1. The fourth-order valence-corrected chi connectivity index (χ4v) is 3.26. The Labute approximate surface area is 140 Å². The Hall–Kier alpha value is -2.08. The van der Waals surface area contributed by atoms with Crippen LogP contribution in [0.5, 0.6) is 0 Å². The van der Waals surface area contributed by atoms with Gasteiger partial charge in [-0.1, -0.05) is 18.2 Å². The van der Waals surface area contributed by atoms with Gasteiger partial charge < -0.3 is 10.2 Å². The third kappa shape index (κ3) is 3.70. The van der Waals surface area contributed by atoms with Crippen LogP contribution in [-0.4, -0.2) is 41.3 Å². The number of likely N-dealkylation sites (tertiary alicyclic amines) is 1. The molecule has 3 rings (SSSR count). The molecule has 2 aromatic rings. The first kappa shape index (κ1) is 16.8. The van der Waals surface area contributed by atoms with Crippen molar-refractivity contribution < 1.29 is 8.78 Å². The van der Waals surface area contributed by atoms with Gasteiger partial charge in [0, 0.05) is 23.7 Å². The van der Waals surface area contributed by atoms with Crippen molar-refractivity contribution in [3.8, 4) is 11.3 Å². The fraction of sp³-hybridized carbons (Fsp3) is 0.444. The quantitative estimate of drug-likeness (QED) is 0.922. The van der Waals surface area contributed by atoms with Crippen molar-refractivity contribution in [2.75, 3.05) is 25.5 Å². The second-order valence-corrected chi connectivity index (χ2v) is 6.39. The molecule has 1 aliphatic rings. The molecule has 0 amide bonds. The van der Waals surface area contributed by atoms with Crippen LogP contribution in [0.1, 0.15) is 30.4 Å². The molecule has 1 fully saturated rings. The van der Waals surface area contributed by atoms with Gasteiger partial charge in [0.2, 0.25) is 0 Å². The molecule has 2 heterocycles. The normalized spacial score (nSPS) is 18.8. The topological polar surface area (TPSA) is 41.0 Å². The minimum absolute atomic E-state index is 0.00101. The molecule has 0 aliphatic carbocycles. The van der Waals surface area contributed by atoms with Crippen molar-refractivity contribution in [3.63, 3.8) is 0 Å². The van der Waals surface area contributed by atoms with Crippen LogP contribution in [0.2, 0.25) is 0 Å². The van der Waals surface area contributed by atoms with E-state index in [0.29, 0.717) is 23.1 Å². The van der Waals surface area contributed by atoms with Crippen molar-refractivity contribution in [3.05, 3.63) is 41.5 Å². The largest absolute Gasteiger partial charge is 0.365 e. The first-order valence-corrected chi connectivity index (χ1v) is 8.21. The highest BCUT2D eigenvalue weighted by Crippen LogP contribution is 2.32. The zero-order chi connectivity index (χ0) is 17.1. The number of halogens is 2. The summed E-state index contributed by atoms with van der Waals surface area (Å²) in [5.74, 6) is 0.686. The molecule has 24 heavy (non-hydrogen) atoms. The molecular formula is C18H22F2N4. The summed E-state index contributed by atoms with van der Waals surface area (Å²) in [4.78, 5) is 2.28. The fourth-order valence-electron chi connectivity index (χ4n) is 3.26. The van der Waals surface area contributed by atoms with Gasteiger partial charge in [-0.3, -0.25) is 0 Å². The molecular weight excluding hydrogens is 310 g/mol. The average Bonchev–Trinajstić information content (AvgIpc) is 2.55. The van der Waals surface area contributed by atoms with Crippen LogP contribution in [0.15, 0.2) is 30.3 Å². The lowest BCUT2D eigenvalue weighted by molar-refractivity contribution is 0.152. The zero-order valence-electron chi connectivity index (χ0n) is 14.0. The Kier molecular flexibility index (Phi) is 5.04. The van der Waals surface area contributed by atoms with Gasteiger partial charge in [-0.15, -0.1) is 10.2 Å². The summed E-state index contributed by atoms with van der Waals surface area (Å²) in [5.41, 5.74) is 1.73. The number of nitrogens with zero attached hydrogens (tertiary/aromatic N) is 3. The van der Waals surface area contributed by atoms with E-state index >= 15 is 0 Å². The van der Waals surface area contributed by atoms with Crippen LogP contribution in [0, 0.1) is 6.92 Å². The first-order valence-electron chi connectivity index (χ1n) is 8.21. The number of rotatable bonds is 4. The lowest BCUT2D eigenvalue weighted by atomic mass is 9.99. The van der Waals surface area contributed by atoms with Crippen LogP contribution in [0.25, 0.3) is 11.3 Å². The third-order valence-electron chi connectivity index (χ3n) is 4.44. The van der Waals surface area contributed by atoms with Gasteiger partial charge in [0.25, 0.3) is 6.43 Å². The minimum Gasteiger partial charge on any atom is -0.365 e. The molecule has 128 valence electrons. The van der Waals surface area contributed by atoms with Crippen molar-refractivity contribution in [2.24, 2.45) is 0 Å². The molecule has 6 heteroatoms. The van der Waals surface area contributed by atoms with Crippen molar-refractivity contribution in [2.45, 2.75) is 32.2 Å². The predicted molar refractivity (Wildman–Crippen MR) is 91.3 cm³/mol. The number of benzene rings is 1. The summed E-state index contributed by atoms with van der Waals surface area (Å²) in [7, 11) is 2.10. The molecule has 0 radical (unpaired) electrons. The van der Waals surface area contributed by atoms with Gasteiger partial charge in [0.05, 0.1) is 5.69 Å². The lowest BCUT2D eigenvalue weighted by Crippen LogP contribution is -2.39. The first-order chi connectivity index (χ1) is 11.5. The van der Waals surface area contributed by atoms with Gasteiger partial charge in [0.1, 0.15) is 5.82 Å². The van der Waals surface area contributed by atoms with Crippen LogP contribution in [0.4, 0.5) is 14.6 Å². The highest BCUT2D eigenvalue weighted by Gasteiger charge is 2.19. The summed E-state index contributed by atoms with van der Waals surface area (Å²) >= 11 is 0. The summed E-state index contributed by atoms with van der Waals surface area (Å²) in [6, 6.07) is 8.82. The van der Waals surface area contributed by atoms with E-state index in [-0.39, 0.29) is 5.56 Å². The Morgan fingerprint density at radius 1 is 1.21 bits per heavy atom. The summed E-state index contributed by atoms with van der Waals surface area (Å²) < 4.78 is 26.5. The van der Waals surface area contributed by atoms with Gasteiger partial charge in [-0.2, -0.15) is 0 Å². The second-order valence-electron chi connectivity index (χ2n) is 6.39. The van der Waals surface area contributed by atoms with E-state index in [0.717, 1.165) is 31.5 Å². The third-order valence-corrected chi connectivity index (χ3v) is 4.44. The number of hydrogen-bond donors (Lipinski definition) is 1. The van der Waals surface area contributed by atoms with E-state index in [4.69, 9.17) is 0 Å². The number of aromatic nitrogens is 2. The highest BCUT2D eigenvalue weighted by atomic mass is 19.3.